The minimum Gasteiger partial charge on any atom is -0.376 e. The maximum atomic E-state index is 15.3. The molecule has 3 aromatic carbocycles. The Labute approximate surface area is 226 Å². The van der Waals surface area contributed by atoms with Gasteiger partial charge in [0.15, 0.2) is 0 Å². The molecule has 2 heterocycles. The van der Waals surface area contributed by atoms with Crippen LogP contribution in [-0.4, -0.2) is 46.1 Å². The summed E-state index contributed by atoms with van der Waals surface area (Å²) < 4.78 is 22.4. The van der Waals surface area contributed by atoms with Gasteiger partial charge in [-0.15, -0.1) is 5.10 Å². The molecule has 39 heavy (non-hydrogen) atoms. The molecule has 5 rings (SSSR count). The Balaban J connectivity index is 1.55. The number of nitrogens with one attached hydrogen (secondary N) is 1. The minimum absolute atomic E-state index is 0.104. The van der Waals surface area contributed by atoms with Crippen LogP contribution >= 0.6 is 0 Å². The number of halogens is 1. The van der Waals surface area contributed by atoms with Gasteiger partial charge in [0.05, 0.1) is 11.6 Å². The van der Waals surface area contributed by atoms with Crippen LogP contribution < -0.4 is 10.2 Å². The van der Waals surface area contributed by atoms with Gasteiger partial charge in [-0.05, 0) is 54.7 Å². The number of carbonyl (C=O) groups is 2. The summed E-state index contributed by atoms with van der Waals surface area (Å²) in [6.45, 7) is 4.90. The zero-order valence-electron chi connectivity index (χ0n) is 22.1. The summed E-state index contributed by atoms with van der Waals surface area (Å²) in [6, 6.07) is 19.6. The van der Waals surface area contributed by atoms with Crippen LogP contribution in [-0.2, 0) is 20.9 Å². The number of carbonyl (C=O) groups excluding carboxylic acids is 2. The lowest BCUT2D eigenvalue weighted by molar-refractivity contribution is -0.127. The van der Waals surface area contributed by atoms with Crippen molar-refractivity contribution in [3.8, 4) is 0 Å². The van der Waals surface area contributed by atoms with E-state index in [0.29, 0.717) is 23.3 Å². The van der Waals surface area contributed by atoms with E-state index in [0.717, 1.165) is 18.4 Å². The molecule has 1 fully saturated rings. The van der Waals surface area contributed by atoms with E-state index in [1.807, 2.05) is 36.4 Å². The van der Waals surface area contributed by atoms with Crippen molar-refractivity contribution in [2.45, 2.75) is 51.3 Å². The van der Waals surface area contributed by atoms with E-state index in [1.165, 1.54) is 15.6 Å². The first-order chi connectivity index (χ1) is 18.9. The minimum atomic E-state index is -1.25. The number of ether oxygens (including phenoxy) is 1. The third-order valence-corrected chi connectivity index (χ3v) is 7.05. The number of aromatic nitrogens is 3. The molecule has 0 spiro atoms. The van der Waals surface area contributed by atoms with Crippen LogP contribution in [0.4, 0.5) is 10.1 Å². The number of para-hydroxylation sites is 1. The highest BCUT2D eigenvalue weighted by atomic mass is 19.1. The van der Waals surface area contributed by atoms with Crippen LogP contribution in [0.15, 0.2) is 72.8 Å². The predicted octanol–water partition coefficient (Wildman–Crippen LogP) is 4.76. The first kappa shape index (κ1) is 26.5. The zero-order valence-corrected chi connectivity index (χ0v) is 22.1. The average Bonchev–Trinajstić information content (AvgIpc) is 3.61. The zero-order chi connectivity index (χ0) is 27.4. The number of rotatable bonds is 9. The highest BCUT2D eigenvalue weighted by Gasteiger charge is 2.35. The van der Waals surface area contributed by atoms with Crippen LogP contribution in [0.2, 0.25) is 0 Å². The van der Waals surface area contributed by atoms with Gasteiger partial charge in [0, 0.05) is 24.4 Å². The van der Waals surface area contributed by atoms with E-state index >= 15 is 4.39 Å². The number of benzene rings is 3. The Morgan fingerprint density at radius 1 is 1.08 bits per heavy atom. The van der Waals surface area contributed by atoms with Crippen molar-refractivity contribution >= 4 is 28.5 Å². The average molecular weight is 530 g/mol. The third kappa shape index (κ3) is 5.83. The summed E-state index contributed by atoms with van der Waals surface area (Å²) >= 11 is 0. The second kappa shape index (κ2) is 11.7. The maximum Gasteiger partial charge on any atom is 0.249 e. The van der Waals surface area contributed by atoms with Crippen molar-refractivity contribution in [2.75, 3.05) is 18.1 Å². The molecule has 1 saturated heterocycles. The van der Waals surface area contributed by atoms with E-state index in [9.17, 15) is 9.59 Å². The number of hydrogen-bond acceptors (Lipinski definition) is 5. The molecule has 1 aliphatic rings. The maximum absolute atomic E-state index is 15.3. The molecule has 8 nitrogen and oxygen atoms in total. The smallest absolute Gasteiger partial charge is 0.249 e. The highest BCUT2D eigenvalue weighted by Crippen LogP contribution is 2.31. The Kier molecular flexibility index (Phi) is 7.97. The normalized spacial score (nSPS) is 15.9. The van der Waals surface area contributed by atoms with Crippen molar-refractivity contribution in [1.82, 2.24) is 20.3 Å². The summed E-state index contributed by atoms with van der Waals surface area (Å²) in [5.41, 5.74) is 3.00. The topological polar surface area (TPSA) is 89.4 Å². The van der Waals surface area contributed by atoms with E-state index in [-0.39, 0.29) is 30.7 Å². The summed E-state index contributed by atoms with van der Waals surface area (Å²) in [6.07, 6.45) is 1.66. The first-order valence-corrected chi connectivity index (χ1v) is 13.3. The SMILES string of the molecule is CC(C)c1ccc(N(C(=O)Cn2nnc3ccccc32)[C@@H](C(=O)NC[C@@H]2CCCO2)c2ccccc2F)cc1. The predicted molar refractivity (Wildman–Crippen MR) is 147 cm³/mol. The molecule has 0 saturated carbocycles. The van der Waals surface area contributed by atoms with Gasteiger partial charge in [0.1, 0.15) is 23.9 Å². The van der Waals surface area contributed by atoms with E-state index in [4.69, 9.17) is 4.74 Å². The largest absolute Gasteiger partial charge is 0.376 e. The van der Waals surface area contributed by atoms with Crippen LogP contribution in [0.1, 0.15) is 49.8 Å². The van der Waals surface area contributed by atoms with Gasteiger partial charge in [-0.2, -0.15) is 0 Å². The number of amides is 2. The standard InChI is InChI=1S/C30H32FN5O3/c1-20(2)21-13-15-22(16-14-21)36(28(37)19-35-27-12-6-5-11-26(27)33-34-35)29(24-9-3-4-10-25(24)31)30(38)32-18-23-8-7-17-39-23/h3-6,9-16,20,23,29H,7-8,17-19H2,1-2H3,(H,32,38)/t23-,29+/m0/s1. The number of anilines is 1. The monoisotopic (exact) mass is 529 g/mol. The lowest BCUT2D eigenvalue weighted by Crippen LogP contribution is -2.47. The van der Waals surface area contributed by atoms with Gasteiger partial charge in [0.2, 0.25) is 11.8 Å². The second-order valence-electron chi connectivity index (χ2n) is 10.1. The van der Waals surface area contributed by atoms with Crippen molar-refractivity contribution in [2.24, 2.45) is 0 Å². The Morgan fingerprint density at radius 2 is 1.82 bits per heavy atom. The Bertz CT molecular complexity index is 1450. The Hall–Kier alpha value is -4.11. The fourth-order valence-corrected chi connectivity index (χ4v) is 4.91. The summed E-state index contributed by atoms with van der Waals surface area (Å²) in [4.78, 5) is 29.2. The fourth-order valence-electron chi connectivity index (χ4n) is 4.91. The van der Waals surface area contributed by atoms with Crippen molar-refractivity contribution in [1.29, 1.82) is 0 Å². The van der Waals surface area contributed by atoms with Crippen LogP contribution in [0.25, 0.3) is 11.0 Å². The van der Waals surface area contributed by atoms with Gasteiger partial charge in [-0.25, -0.2) is 9.07 Å². The van der Waals surface area contributed by atoms with Crippen molar-refractivity contribution < 1.29 is 18.7 Å². The molecule has 0 unspecified atom stereocenters. The van der Waals surface area contributed by atoms with Crippen molar-refractivity contribution in [3.05, 3.63) is 89.7 Å². The van der Waals surface area contributed by atoms with Gasteiger partial charge in [0.25, 0.3) is 0 Å². The second-order valence-corrected chi connectivity index (χ2v) is 10.1. The molecule has 1 N–H and O–H groups in total. The Morgan fingerprint density at radius 3 is 2.54 bits per heavy atom. The molecule has 2 atom stereocenters. The van der Waals surface area contributed by atoms with Gasteiger partial charge in [-0.1, -0.05) is 61.5 Å². The molecule has 0 radical (unpaired) electrons. The lowest BCUT2D eigenvalue weighted by Gasteiger charge is -2.32. The van der Waals surface area contributed by atoms with E-state index < -0.39 is 23.7 Å². The summed E-state index contributed by atoms with van der Waals surface area (Å²) in [7, 11) is 0. The number of fused-ring (bicyclic) bond motifs is 1. The molecule has 2 amide bonds. The summed E-state index contributed by atoms with van der Waals surface area (Å²) in [5, 5.41) is 11.2. The third-order valence-electron chi connectivity index (χ3n) is 7.05. The van der Waals surface area contributed by atoms with Gasteiger partial charge < -0.3 is 10.1 Å². The van der Waals surface area contributed by atoms with Gasteiger partial charge >= 0.3 is 0 Å². The first-order valence-electron chi connectivity index (χ1n) is 13.3. The fraction of sp³-hybridized carbons (Fsp3) is 0.333. The molecule has 9 heteroatoms. The molecular formula is C30H32FN5O3. The summed E-state index contributed by atoms with van der Waals surface area (Å²) in [5.74, 6) is -1.21. The number of hydrogen-bond donors (Lipinski definition) is 1. The van der Waals surface area contributed by atoms with E-state index in [2.05, 4.69) is 29.5 Å². The number of nitrogens with zero attached hydrogens (tertiary/aromatic N) is 4. The van der Waals surface area contributed by atoms with Crippen LogP contribution in [0.3, 0.4) is 0 Å². The molecule has 1 aliphatic heterocycles. The molecular weight excluding hydrogens is 497 g/mol. The molecule has 1 aromatic heterocycles. The molecule has 0 aliphatic carbocycles. The molecule has 202 valence electrons. The lowest BCUT2D eigenvalue weighted by atomic mass is 10.00. The van der Waals surface area contributed by atoms with Crippen molar-refractivity contribution in [3.63, 3.8) is 0 Å². The van der Waals surface area contributed by atoms with Crippen LogP contribution in [0, 0.1) is 5.82 Å². The molecule has 0 bridgehead atoms. The van der Waals surface area contributed by atoms with Gasteiger partial charge in [-0.3, -0.25) is 14.5 Å². The van der Waals surface area contributed by atoms with E-state index in [1.54, 1.807) is 30.3 Å². The highest BCUT2D eigenvalue weighted by molar-refractivity contribution is 6.01. The quantitative estimate of drug-likeness (QED) is 0.338. The van der Waals surface area contributed by atoms with Crippen LogP contribution in [0.5, 0.6) is 0 Å². The molecule has 4 aromatic rings.